The largest absolute Gasteiger partial charge is 0.455 e. The number of benzene rings is 7. The summed E-state index contributed by atoms with van der Waals surface area (Å²) in [6.45, 7) is 0. The molecule has 0 bridgehead atoms. The van der Waals surface area contributed by atoms with E-state index in [9.17, 15) is 0 Å². The number of hydrogen-bond donors (Lipinski definition) is 0. The maximum absolute atomic E-state index is 6.92. The van der Waals surface area contributed by atoms with Crippen molar-refractivity contribution in [3.8, 4) is 45.0 Å². The number of para-hydroxylation sites is 1. The molecule has 2 heterocycles. The van der Waals surface area contributed by atoms with Gasteiger partial charge >= 0.3 is 0 Å². The molecule has 0 radical (unpaired) electrons. The summed E-state index contributed by atoms with van der Waals surface area (Å²) in [4.78, 5) is 10.2. The van der Waals surface area contributed by atoms with Crippen LogP contribution in [0.1, 0.15) is 0 Å². The van der Waals surface area contributed by atoms with Crippen LogP contribution in [-0.2, 0) is 0 Å². The Bertz CT molecular complexity index is 2530. The quantitative estimate of drug-likeness (QED) is 0.210. The third-order valence-corrected chi connectivity index (χ3v) is 8.65. The van der Waals surface area contributed by atoms with Gasteiger partial charge in [-0.2, -0.15) is 0 Å². The molecule has 0 atom stereocenters. The summed E-state index contributed by atoms with van der Waals surface area (Å²) < 4.78 is 6.92. The van der Waals surface area contributed by atoms with Crippen molar-refractivity contribution in [3.05, 3.63) is 158 Å². The molecule has 7 aromatic carbocycles. The minimum atomic E-state index is 0.681. The highest BCUT2D eigenvalue weighted by Gasteiger charge is 2.20. The van der Waals surface area contributed by atoms with Gasteiger partial charge in [0.1, 0.15) is 11.2 Å². The second-order valence-corrected chi connectivity index (χ2v) is 11.4. The Kier molecular flexibility index (Phi) is 5.82. The van der Waals surface area contributed by atoms with Gasteiger partial charge in [-0.1, -0.05) is 133 Å². The van der Waals surface area contributed by atoms with Crippen LogP contribution >= 0.6 is 0 Å². The van der Waals surface area contributed by atoms with E-state index in [-0.39, 0.29) is 0 Å². The SMILES string of the molecule is c1ccc(-c2nc(-c3ccc4ccccc4c3)cc(-c3cccc4c3oc3c(-c5ccccc5)c5ccccc5cc34)n2)cc1. The molecule has 0 aliphatic carbocycles. The second-order valence-electron chi connectivity index (χ2n) is 11.4. The fourth-order valence-corrected chi connectivity index (χ4v) is 6.49. The average Bonchev–Trinajstić information content (AvgIpc) is 3.49. The molecule has 0 amide bonds. The first-order chi connectivity index (χ1) is 22.3. The zero-order chi connectivity index (χ0) is 29.7. The first-order valence-electron chi connectivity index (χ1n) is 15.2. The van der Waals surface area contributed by atoms with Crippen LogP contribution in [0, 0.1) is 0 Å². The van der Waals surface area contributed by atoms with E-state index in [4.69, 9.17) is 14.4 Å². The molecule has 0 aliphatic rings. The standard InChI is InChI=1S/C42H26N2O/c1-3-13-28(14-4-1)39-33-19-10-9-18-31(33)25-36-34-20-11-21-35(40(34)45-41(36)39)38-26-37(43-42(44-38)29-15-5-2-6-16-29)32-23-22-27-12-7-8-17-30(27)24-32/h1-26H. The van der Waals surface area contributed by atoms with Gasteiger partial charge in [0, 0.05) is 33.0 Å². The Morgan fingerprint density at radius 2 is 1.04 bits per heavy atom. The summed E-state index contributed by atoms with van der Waals surface area (Å²) in [6, 6.07) is 54.9. The number of fused-ring (bicyclic) bond motifs is 5. The predicted molar refractivity (Wildman–Crippen MR) is 186 cm³/mol. The molecule has 2 aromatic heterocycles. The lowest BCUT2D eigenvalue weighted by Crippen LogP contribution is -1.96. The second kappa shape index (κ2) is 10.3. The van der Waals surface area contributed by atoms with Crippen molar-refractivity contribution in [2.24, 2.45) is 0 Å². The maximum Gasteiger partial charge on any atom is 0.160 e. The van der Waals surface area contributed by atoms with Crippen LogP contribution in [0.25, 0.3) is 88.5 Å². The van der Waals surface area contributed by atoms with Gasteiger partial charge < -0.3 is 4.42 Å². The first kappa shape index (κ1) is 25.4. The normalized spacial score (nSPS) is 11.6. The summed E-state index contributed by atoms with van der Waals surface area (Å²) in [6.07, 6.45) is 0. The Hall–Kier alpha value is -6.06. The highest BCUT2D eigenvalue weighted by atomic mass is 16.3. The minimum absolute atomic E-state index is 0.681. The predicted octanol–water partition coefficient (Wildman–Crippen LogP) is 11.4. The monoisotopic (exact) mass is 574 g/mol. The van der Waals surface area contributed by atoms with Crippen molar-refractivity contribution in [1.29, 1.82) is 0 Å². The Balaban J connectivity index is 1.32. The number of nitrogens with zero attached hydrogens (tertiary/aromatic N) is 2. The van der Waals surface area contributed by atoms with Crippen LogP contribution in [0.5, 0.6) is 0 Å². The zero-order valence-electron chi connectivity index (χ0n) is 24.3. The summed E-state index contributed by atoms with van der Waals surface area (Å²) in [5.74, 6) is 0.681. The van der Waals surface area contributed by atoms with Gasteiger partial charge in [0.05, 0.1) is 11.4 Å². The summed E-state index contributed by atoms with van der Waals surface area (Å²) in [5.41, 5.74) is 8.59. The molecule has 0 saturated heterocycles. The topological polar surface area (TPSA) is 38.9 Å². The number of aromatic nitrogens is 2. The summed E-state index contributed by atoms with van der Waals surface area (Å²) in [5, 5.41) is 6.89. The first-order valence-corrected chi connectivity index (χ1v) is 15.2. The van der Waals surface area contributed by atoms with E-state index in [0.717, 1.165) is 61.1 Å². The van der Waals surface area contributed by atoms with Crippen LogP contribution in [0.4, 0.5) is 0 Å². The third-order valence-electron chi connectivity index (χ3n) is 8.65. The fraction of sp³-hybridized carbons (Fsp3) is 0. The van der Waals surface area contributed by atoms with Crippen molar-refractivity contribution in [1.82, 2.24) is 9.97 Å². The Morgan fingerprint density at radius 3 is 1.87 bits per heavy atom. The van der Waals surface area contributed by atoms with Gasteiger partial charge in [-0.05, 0) is 51.4 Å². The summed E-state index contributed by atoms with van der Waals surface area (Å²) >= 11 is 0. The molecule has 45 heavy (non-hydrogen) atoms. The number of hydrogen-bond acceptors (Lipinski definition) is 3. The van der Waals surface area contributed by atoms with Crippen molar-refractivity contribution < 1.29 is 4.42 Å². The summed E-state index contributed by atoms with van der Waals surface area (Å²) in [7, 11) is 0. The lowest BCUT2D eigenvalue weighted by Gasteiger charge is -2.10. The van der Waals surface area contributed by atoms with Crippen LogP contribution in [0.3, 0.4) is 0 Å². The molecule has 9 rings (SSSR count). The fourth-order valence-electron chi connectivity index (χ4n) is 6.49. The Labute approximate surface area is 260 Å². The van der Waals surface area contributed by atoms with Gasteiger partial charge in [0.25, 0.3) is 0 Å². The van der Waals surface area contributed by atoms with E-state index in [0.29, 0.717) is 5.82 Å². The minimum Gasteiger partial charge on any atom is -0.455 e. The van der Waals surface area contributed by atoms with E-state index in [1.165, 1.54) is 21.5 Å². The number of rotatable bonds is 4. The van der Waals surface area contributed by atoms with E-state index in [2.05, 4.69) is 140 Å². The lowest BCUT2D eigenvalue weighted by molar-refractivity contribution is 0.671. The van der Waals surface area contributed by atoms with E-state index in [1.54, 1.807) is 0 Å². The van der Waals surface area contributed by atoms with Crippen molar-refractivity contribution >= 4 is 43.5 Å². The molecule has 3 nitrogen and oxygen atoms in total. The molecule has 9 aromatic rings. The smallest absolute Gasteiger partial charge is 0.160 e. The molecular weight excluding hydrogens is 548 g/mol. The highest BCUT2D eigenvalue weighted by Crippen LogP contribution is 2.43. The van der Waals surface area contributed by atoms with Gasteiger partial charge in [0.2, 0.25) is 0 Å². The van der Waals surface area contributed by atoms with Crippen LogP contribution < -0.4 is 0 Å². The molecule has 0 aliphatic heterocycles. The van der Waals surface area contributed by atoms with Gasteiger partial charge in [-0.15, -0.1) is 0 Å². The average molecular weight is 575 g/mol. The zero-order valence-corrected chi connectivity index (χ0v) is 24.3. The number of furan rings is 1. The lowest BCUT2D eigenvalue weighted by atomic mass is 9.95. The molecule has 0 N–H and O–H groups in total. The molecule has 0 saturated carbocycles. The molecule has 0 spiro atoms. The maximum atomic E-state index is 6.92. The van der Waals surface area contributed by atoms with Gasteiger partial charge in [-0.3, -0.25) is 0 Å². The molecule has 210 valence electrons. The van der Waals surface area contributed by atoms with Gasteiger partial charge in [-0.25, -0.2) is 9.97 Å². The van der Waals surface area contributed by atoms with Crippen molar-refractivity contribution in [3.63, 3.8) is 0 Å². The van der Waals surface area contributed by atoms with Crippen molar-refractivity contribution in [2.75, 3.05) is 0 Å². The van der Waals surface area contributed by atoms with E-state index < -0.39 is 0 Å². The molecule has 3 heteroatoms. The van der Waals surface area contributed by atoms with E-state index in [1.807, 2.05) is 18.2 Å². The highest BCUT2D eigenvalue weighted by molar-refractivity contribution is 6.19. The van der Waals surface area contributed by atoms with Crippen LogP contribution in [0.2, 0.25) is 0 Å². The van der Waals surface area contributed by atoms with Gasteiger partial charge in [0.15, 0.2) is 5.82 Å². The molecule has 0 fully saturated rings. The van der Waals surface area contributed by atoms with E-state index >= 15 is 0 Å². The van der Waals surface area contributed by atoms with Crippen LogP contribution in [-0.4, -0.2) is 9.97 Å². The molecular formula is C42H26N2O. The van der Waals surface area contributed by atoms with Crippen LogP contribution in [0.15, 0.2) is 162 Å². The third kappa shape index (κ3) is 4.29. The van der Waals surface area contributed by atoms with Crippen molar-refractivity contribution in [2.45, 2.75) is 0 Å². The molecule has 0 unspecified atom stereocenters. The Morgan fingerprint density at radius 1 is 0.378 bits per heavy atom.